The highest BCUT2D eigenvalue weighted by Crippen LogP contribution is 2.34. The number of esters is 1. The SMILES string of the molecule is CCOC(=O)c1cc(NC(=O)CN2C(=O)S/C(=C/c3cc(C)n(-c4ccccc4)c3C)C2=O)ccc1Cl. The van der Waals surface area contributed by atoms with E-state index in [9.17, 15) is 19.2 Å². The Bertz CT molecular complexity index is 1430. The standard InChI is InChI=1S/C27H24ClN3O5S/c1-4-36-26(34)21-14-19(10-11-22(21)28)29-24(32)15-30-25(33)23(37-27(30)35)13-18-12-16(2)31(17(18)3)20-8-6-5-7-9-20/h5-14H,4,15H2,1-3H3,(H,29,32)/b23-13+. The summed E-state index contributed by atoms with van der Waals surface area (Å²) in [6.45, 7) is 5.29. The van der Waals surface area contributed by atoms with Crippen LogP contribution in [0.15, 0.2) is 59.5 Å². The van der Waals surface area contributed by atoms with Crippen LogP contribution < -0.4 is 5.32 Å². The molecular weight excluding hydrogens is 514 g/mol. The molecule has 3 aromatic rings. The van der Waals surface area contributed by atoms with Crippen LogP contribution in [0.5, 0.6) is 0 Å². The van der Waals surface area contributed by atoms with Crippen molar-refractivity contribution in [3.63, 3.8) is 0 Å². The average Bonchev–Trinajstić information content (AvgIpc) is 3.29. The predicted molar refractivity (Wildman–Crippen MR) is 144 cm³/mol. The summed E-state index contributed by atoms with van der Waals surface area (Å²) in [4.78, 5) is 51.4. The van der Waals surface area contributed by atoms with E-state index in [1.54, 1.807) is 13.0 Å². The highest BCUT2D eigenvalue weighted by molar-refractivity contribution is 8.18. The van der Waals surface area contributed by atoms with Gasteiger partial charge < -0.3 is 14.6 Å². The van der Waals surface area contributed by atoms with E-state index in [0.29, 0.717) is 0 Å². The van der Waals surface area contributed by atoms with Crippen LogP contribution in [-0.2, 0) is 14.3 Å². The van der Waals surface area contributed by atoms with E-state index < -0.39 is 29.6 Å². The van der Waals surface area contributed by atoms with Crippen molar-refractivity contribution in [2.75, 3.05) is 18.5 Å². The molecule has 10 heteroatoms. The van der Waals surface area contributed by atoms with Gasteiger partial charge >= 0.3 is 5.97 Å². The molecule has 3 amide bonds. The Morgan fingerprint density at radius 1 is 1.08 bits per heavy atom. The Labute approximate surface area is 223 Å². The highest BCUT2D eigenvalue weighted by atomic mass is 35.5. The molecule has 0 atom stereocenters. The van der Waals surface area contributed by atoms with Crippen molar-refractivity contribution in [1.82, 2.24) is 9.47 Å². The number of hydrogen-bond donors (Lipinski definition) is 1. The zero-order chi connectivity index (χ0) is 26.7. The number of thioether (sulfide) groups is 1. The number of hydrogen-bond acceptors (Lipinski definition) is 6. The van der Waals surface area contributed by atoms with E-state index in [1.165, 1.54) is 18.2 Å². The second-order valence-corrected chi connectivity index (χ2v) is 9.63. The summed E-state index contributed by atoms with van der Waals surface area (Å²) in [5, 5.41) is 2.24. The maximum Gasteiger partial charge on any atom is 0.339 e. The molecule has 1 N–H and O–H groups in total. The van der Waals surface area contributed by atoms with Crippen LogP contribution in [0.2, 0.25) is 5.02 Å². The van der Waals surface area contributed by atoms with E-state index in [4.69, 9.17) is 16.3 Å². The van der Waals surface area contributed by atoms with Gasteiger partial charge in [0, 0.05) is 22.8 Å². The minimum Gasteiger partial charge on any atom is -0.462 e. The summed E-state index contributed by atoms with van der Waals surface area (Å²) in [6, 6.07) is 16.1. The lowest BCUT2D eigenvalue weighted by Crippen LogP contribution is -2.36. The third-order valence-corrected chi connectivity index (χ3v) is 6.93. The fraction of sp³-hybridized carbons (Fsp3) is 0.185. The maximum absolute atomic E-state index is 13.0. The Balaban J connectivity index is 1.49. The first-order valence-electron chi connectivity index (χ1n) is 11.5. The smallest absolute Gasteiger partial charge is 0.339 e. The molecule has 4 rings (SSSR count). The largest absolute Gasteiger partial charge is 0.462 e. The monoisotopic (exact) mass is 537 g/mol. The van der Waals surface area contributed by atoms with Crippen LogP contribution in [-0.4, -0.2) is 45.6 Å². The number of rotatable bonds is 7. The predicted octanol–water partition coefficient (Wildman–Crippen LogP) is 5.60. The molecule has 1 aliphatic rings. The van der Waals surface area contributed by atoms with Crippen molar-refractivity contribution in [2.24, 2.45) is 0 Å². The van der Waals surface area contributed by atoms with Gasteiger partial charge in [-0.2, -0.15) is 0 Å². The number of imide groups is 1. The number of para-hydroxylation sites is 1. The fourth-order valence-corrected chi connectivity index (χ4v) is 5.02. The molecule has 1 fully saturated rings. The van der Waals surface area contributed by atoms with Crippen LogP contribution in [0, 0.1) is 13.8 Å². The van der Waals surface area contributed by atoms with Crippen molar-refractivity contribution >= 4 is 58.1 Å². The first-order valence-corrected chi connectivity index (χ1v) is 12.6. The Morgan fingerprint density at radius 2 is 1.81 bits per heavy atom. The zero-order valence-corrected chi connectivity index (χ0v) is 22.0. The van der Waals surface area contributed by atoms with Gasteiger partial charge in [0.05, 0.1) is 22.1 Å². The first kappa shape index (κ1) is 26.2. The van der Waals surface area contributed by atoms with Crippen molar-refractivity contribution in [2.45, 2.75) is 20.8 Å². The van der Waals surface area contributed by atoms with Gasteiger partial charge in [-0.15, -0.1) is 0 Å². The van der Waals surface area contributed by atoms with Gasteiger partial charge in [0.1, 0.15) is 6.54 Å². The molecule has 0 aliphatic carbocycles. The van der Waals surface area contributed by atoms with Gasteiger partial charge in [0.2, 0.25) is 5.91 Å². The number of halogens is 1. The fourth-order valence-electron chi connectivity index (χ4n) is 4.00. The molecule has 0 bridgehead atoms. The zero-order valence-electron chi connectivity index (χ0n) is 20.4. The van der Waals surface area contributed by atoms with Gasteiger partial charge in [-0.25, -0.2) is 4.79 Å². The molecule has 2 aromatic carbocycles. The molecule has 0 spiro atoms. The first-order chi connectivity index (χ1) is 17.7. The molecule has 0 radical (unpaired) electrons. The van der Waals surface area contributed by atoms with Gasteiger partial charge in [-0.1, -0.05) is 29.8 Å². The van der Waals surface area contributed by atoms with E-state index in [-0.39, 0.29) is 27.8 Å². The molecule has 2 heterocycles. The van der Waals surface area contributed by atoms with Crippen LogP contribution in [0.1, 0.15) is 34.2 Å². The van der Waals surface area contributed by atoms with E-state index in [0.717, 1.165) is 39.3 Å². The minimum atomic E-state index is -0.619. The van der Waals surface area contributed by atoms with Gasteiger partial charge in [0.25, 0.3) is 11.1 Å². The van der Waals surface area contributed by atoms with Crippen molar-refractivity contribution in [3.8, 4) is 5.69 Å². The van der Waals surface area contributed by atoms with E-state index >= 15 is 0 Å². The number of nitrogens with one attached hydrogen (secondary N) is 1. The normalized spacial score (nSPS) is 14.4. The van der Waals surface area contributed by atoms with Gasteiger partial charge in [-0.3, -0.25) is 19.3 Å². The second-order valence-electron chi connectivity index (χ2n) is 8.23. The van der Waals surface area contributed by atoms with Crippen LogP contribution >= 0.6 is 23.4 Å². The number of aryl methyl sites for hydroxylation is 1. The lowest BCUT2D eigenvalue weighted by Gasteiger charge is -2.13. The number of nitrogens with zero attached hydrogens (tertiary/aromatic N) is 2. The second kappa shape index (κ2) is 11.1. The third kappa shape index (κ3) is 5.63. The molecular formula is C27H24ClN3O5S. The summed E-state index contributed by atoms with van der Waals surface area (Å²) in [5.41, 5.74) is 4.10. The number of amides is 3. The molecule has 37 heavy (non-hydrogen) atoms. The van der Waals surface area contributed by atoms with E-state index in [1.807, 2.05) is 50.2 Å². The third-order valence-electron chi connectivity index (χ3n) is 5.69. The molecule has 8 nitrogen and oxygen atoms in total. The van der Waals surface area contributed by atoms with Gasteiger partial charge in [0.15, 0.2) is 0 Å². The minimum absolute atomic E-state index is 0.100. The highest BCUT2D eigenvalue weighted by Gasteiger charge is 2.36. The molecule has 1 aromatic heterocycles. The van der Waals surface area contributed by atoms with Crippen molar-refractivity contribution in [3.05, 3.63) is 87.0 Å². The topological polar surface area (TPSA) is 97.7 Å². The Morgan fingerprint density at radius 3 is 2.51 bits per heavy atom. The number of aromatic nitrogens is 1. The van der Waals surface area contributed by atoms with Crippen molar-refractivity contribution < 1.29 is 23.9 Å². The lowest BCUT2D eigenvalue weighted by atomic mass is 10.2. The Hall–Kier alpha value is -3.82. The summed E-state index contributed by atoms with van der Waals surface area (Å²) in [7, 11) is 0. The Kier molecular flexibility index (Phi) is 7.85. The number of benzene rings is 2. The summed E-state index contributed by atoms with van der Waals surface area (Å²) in [6.07, 6.45) is 1.68. The molecule has 1 aliphatic heterocycles. The number of carbonyl (C=O) groups is 4. The number of carbonyl (C=O) groups excluding carboxylic acids is 4. The van der Waals surface area contributed by atoms with E-state index in [2.05, 4.69) is 9.88 Å². The number of anilines is 1. The molecule has 0 unspecified atom stereocenters. The van der Waals surface area contributed by atoms with Crippen LogP contribution in [0.25, 0.3) is 11.8 Å². The quantitative estimate of drug-likeness (QED) is 0.311. The summed E-state index contributed by atoms with van der Waals surface area (Å²) < 4.78 is 7.03. The van der Waals surface area contributed by atoms with Gasteiger partial charge in [-0.05, 0) is 80.6 Å². The van der Waals surface area contributed by atoms with Crippen molar-refractivity contribution in [1.29, 1.82) is 0 Å². The maximum atomic E-state index is 13.0. The molecule has 0 saturated carbocycles. The van der Waals surface area contributed by atoms with Crippen LogP contribution in [0.3, 0.4) is 0 Å². The lowest BCUT2D eigenvalue weighted by molar-refractivity contribution is -0.127. The van der Waals surface area contributed by atoms with Crippen LogP contribution in [0.4, 0.5) is 10.5 Å². The molecule has 1 saturated heterocycles. The molecule has 190 valence electrons. The summed E-state index contributed by atoms with van der Waals surface area (Å²) in [5.74, 6) is -1.76. The summed E-state index contributed by atoms with van der Waals surface area (Å²) >= 11 is 6.85. The average molecular weight is 538 g/mol. The number of ether oxygens (including phenoxy) is 1.